The maximum atomic E-state index is 4.74. The minimum absolute atomic E-state index is 0. The summed E-state index contributed by atoms with van der Waals surface area (Å²) in [6.07, 6.45) is 8.43. The van der Waals surface area contributed by atoms with Crippen molar-refractivity contribution in [3.05, 3.63) is 268 Å². The van der Waals surface area contributed by atoms with Crippen molar-refractivity contribution >= 4 is 87.0 Å². The second-order valence-electron chi connectivity index (χ2n) is 20.3. The van der Waals surface area contributed by atoms with E-state index < -0.39 is 0 Å². The Morgan fingerprint density at radius 2 is 0.621 bits per heavy atom. The number of nitrogens with zero attached hydrogens (tertiary/aromatic N) is 9. The van der Waals surface area contributed by atoms with Crippen LogP contribution in [0.1, 0.15) is 212 Å². The first kappa shape index (κ1) is 105. The fourth-order valence-corrected chi connectivity index (χ4v) is 9.49. The van der Waals surface area contributed by atoms with Gasteiger partial charge in [0.25, 0.3) is 0 Å². The number of fused-ring (bicyclic) bond motifs is 3. The predicted octanol–water partition coefficient (Wildman–Crippen LogP) is 27.4. The Morgan fingerprint density at radius 3 is 0.893 bits per heavy atom. The third-order valence-corrected chi connectivity index (χ3v) is 14.2. The molecule has 0 amide bonds. The molecule has 9 aromatic carbocycles. The van der Waals surface area contributed by atoms with Gasteiger partial charge in [0, 0.05) is 124 Å². The van der Waals surface area contributed by atoms with Crippen LogP contribution < -0.4 is 14.7 Å². The van der Waals surface area contributed by atoms with E-state index in [9.17, 15) is 0 Å². The zero-order valence-electron chi connectivity index (χ0n) is 64.5. The second kappa shape index (κ2) is 61.7. The molecule has 0 bridgehead atoms. The van der Waals surface area contributed by atoms with E-state index in [1.165, 1.54) is 50.7 Å². The van der Waals surface area contributed by atoms with Crippen LogP contribution in [0.25, 0.3) is 0 Å². The molecular formula is C93H139N9W. The first-order valence-electron chi connectivity index (χ1n) is 35.7. The Hall–Kier alpha value is -8.91. The second-order valence-corrected chi connectivity index (χ2v) is 20.3. The molecule has 0 spiro atoms. The molecule has 9 nitrogen and oxygen atoms in total. The maximum absolute atomic E-state index is 4.74. The van der Waals surface area contributed by atoms with Crippen LogP contribution >= 0.6 is 0 Å². The summed E-state index contributed by atoms with van der Waals surface area (Å²) < 4.78 is 2.26. The van der Waals surface area contributed by atoms with E-state index in [1.54, 1.807) is 0 Å². The average molecular weight is 1570 g/mol. The molecule has 0 saturated heterocycles. The molecule has 3 aliphatic heterocycles. The van der Waals surface area contributed by atoms with Crippen molar-refractivity contribution in [2.45, 2.75) is 181 Å². The zero-order valence-corrected chi connectivity index (χ0v) is 67.4. The number of benzene rings is 9. The molecule has 3 heterocycles. The first-order chi connectivity index (χ1) is 47.5. The largest absolute Gasteiger partial charge is 0.378 e. The Bertz CT molecular complexity index is 3580. The van der Waals surface area contributed by atoms with E-state index in [0.717, 1.165) is 86.9 Å². The van der Waals surface area contributed by atoms with Gasteiger partial charge in [0.1, 0.15) is 12.7 Å². The van der Waals surface area contributed by atoms with Gasteiger partial charge < -0.3 is 14.7 Å². The van der Waals surface area contributed by atoms with Crippen LogP contribution in [0, 0.1) is 6.07 Å². The van der Waals surface area contributed by atoms with Gasteiger partial charge in [-0.25, -0.2) is 0 Å². The van der Waals surface area contributed by atoms with Crippen molar-refractivity contribution in [3.8, 4) is 0 Å². The number of aliphatic imine (C=N–C) groups is 5. The van der Waals surface area contributed by atoms with Crippen molar-refractivity contribution in [3.63, 3.8) is 0 Å². The molecular weight excluding hydrogens is 1430 g/mol. The summed E-state index contributed by atoms with van der Waals surface area (Å²) in [5.74, 6) is 0. The van der Waals surface area contributed by atoms with Crippen molar-refractivity contribution in [1.29, 1.82) is 0 Å². The van der Waals surface area contributed by atoms with Crippen LogP contribution in [-0.4, -0.2) is 89.7 Å². The van der Waals surface area contributed by atoms with Gasteiger partial charge in [0.2, 0.25) is 0 Å². The summed E-state index contributed by atoms with van der Waals surface area (Å²) in [6, 6.07) is 76.3. The molecule has 0 N–H and O–H groups in total. The van der Waals surface area contributed by atoms with E-state index in [1.807, 2.05) is 234 Å². The van der Waals surface area contributed by atoms with Gasteiger partial charge in [-0.05, 0) is 136 Å². The van der Waals surface area contributed by atoms with E-state index in [0.29, 0.717) is 0 Å². The SMILES string of the molecule is C.C.C.C.C.CC.CC.CC.CC.CC.CC.CC.CC.CC.CN(C)c1ccc(C=Nc2ccc(C3=Nc4ccccc4C3)cc2)cc1.CN(C)c1ccc(C=Nc2ccc(C3=Nc4ccccc4C3)cc2)cc1.CN(C)c1ccc(C=Nc2ccc(C3=[N+](C)c4ccc[c-]c4C3)cc2)cc1.[W]. The summed E-state index contributed by atoms with van der Waals surface area (Å²) in [5, 5.41) is 0. The summed E-state index contributed by atoms with van der Waals surface area (Å²) in [5.41, 5.74) is 24.1. The number of rotatable bonds is 12. The topological polar surface area (TPSA) is 74.5 Å². The van der Waals surface area contributed by atoms with Crippen LogP contribution in [0.15, 0.2) is 237 Å². The summed E-state index contributed by atoms with van der Waals surface area (Å²) in [6.45, 7) is 36.0. The molecule has 0 aromatic heterocycles. The van der Waals surface area contributed by atoms with Crippen molar-refractivity contribution in [2.24, 2.45) is 25.0 Å². The van der Waals surface area contributed by atoms with Gasteiger partial charge in [-0.1, -0.05) is 264 Å². The van der Waals surface area contributed by atoms with Gasteiger partial charge in [0.15, 0.2) is 5.71 Å². The van der Waals surface area contributed by atoms with Gasteiger partial charge in [-0.2, -0.15) is 18.2 Å². The molecule has 0 saturated carbocycles. The van der Waals surface area contributed by atoms with Crippen molar-refractivity contribution < 1.29 is 25.6 Å². The van der Waals surface area contributed by atoms with E-state index in [-0.39, 0.29) is 58.2 Å². The van der Waals surface area contributed by atoms with E-state index in [4.69, 9.17) is 9.98 Å². The molecule has 562 valence electrons. The Balaban J connectivity index is -0.000000300. The number of para-hydroxylation sites is 2. The normalized spacial score (nSPS) is 10.5. The molecule has 0 aliphatic carbocycles. The predicted molar refractivity (Wildman–Crippen MR) is 471 cm³/mol. The maximum Gasteiger partial charge on any atom is 0.180 e. The summed E-state index contributed by atoms with van der Waals surface area (Å²) in [4.78, 5) is 29.5. The van der Waals surface area contributed by atoms with Gasteiger partial charge in [0.05, 0.1) is 39.9 Å². The van der Waals surface area contributed by atoms with Gasteiger partial charge in [-0.3, -0.25) is 29.5 Å². The molecule has 9 aromatic rings. The molecule has 0 radical (unpaired) electrons. The molecule has 0 unspecified atom stereocenters. The van der Waals surface area contributed by atoms with Crippen LogP contribution in [0.5, 0.6) is 0 Å². The number of hydrogen-bond acceptors (Lipinski definition) is 8. The van der Waals surface area contributed by atoms with Crippen LogP contribution in [0.4, 0.5) is 51.2 Å². The average Bonchev–Trinajstić information content (AvgIpc) is 1.66. The third kappa shape index (κ3) is 33.8. The van der Waals surface area contributed by atoms with Crippen LogP contribution in [0.2, 0.25) is 0 Å². The van der Waals surface area contributed by atoms with E-state index in [2.05, 4.69) is 211 Å². The van der Waals surface area contributed by atoms with Crippen LogP contribution in [-0.2, 0) is 40.3 Å². The van der Waals surface area contributed by atoms with E-state index >= 15 is 0 Å². The minimum Gasteiger partial charge on any atom is -0.378 e. The summed E-state index contributed by atoms with van der Waals surface area (Å²) >= 11 is 0. The Morgan fingerprint density at radius 1 is 0.340 bits per heavy atom. The van der Waals surface area contributed by atoms with Gasteiger partial charge >= 0.3 is 0 Å². The molecule has 3 aliphatic rings. The quantitative estimate of drug-likeness (QED) is 0.0695. The van der Waals surface area contributed by atoms with Crippen LogP contribution in [0.3, 0.4) is 0 Å². The first-order valence-corrected chi connectivity index (χ1v) is 35.7. The van der Waals surface area contributed by atoms with Crippen molar-refractivity contribution in [1.82, 2.24) is 0 Å². The smallest absolute Gasteiger partial charge is 0.180 e. The molecule has 12 rings (SSSR count). The zero-order chi connectivity index (χ0) is 72.7. The Labute approximate surface area is 646 Å². The standard InChI is InChI=1S/C24H23N3.2C23H21N3.9C2H6.5CH4.W/c1-26(2)22-14-8-18(9-15-22)17-25-21-12-10-19(11-13-21)24-16-20-6-4-5-7-23(20)27(24)3;2*1-26(2)21-13-7-17(8-14-21)16-24-20-11-9-18(10-12-20)23-15-19-5-3-4-6-22(19)25-23;9*1-2;;;;;;/h4-5,7-15,17H,16H2,1-3H3;2*3-14,16H,15H2,1-2H3;9*1-2H3;5*1H4;. The fourth-order valence-electron chi connectivity index (χ4n) is 9.49. The fraction of sp³-hybridized carbons (Fsp3) is 0.355. The molecule has 0 fully saturated rings. The number of hydrogen-bond donors (Lipinski definition) is 0. The third-order valence-electron chi connectivity index (χ3n) is 14.2. The molecule has 103 heavy (non-hydrogen) atoms. The Kier molecular flexibility index (Phi) is 63.0. The minimum atomic E-state index is 0. The monoisotopic (exact) mass is 1570 g/mol. The van der Waals surface area contributed by atoms with Gasteiger partial charge in [-0.15, -0.1) is 6.07 Å². The molecule has 0 atom stereocenters. The molecule has 10 heteroatoms. The summed E-state index contributed by atoms with van der Waals surface area (Å²) in [7, 11) is 14.4. The number of anilines is 3. The van der Waals surface area contributed by atoms with Crippen molar-refractivity contribution in [2.75, 3.05) is 64.0 Å².